The first kappa shape index (κ1) is 13.9. The largest absolute Gasteiger partial charge is 0.468 e. The number of thioether (sulfide) groups is 1. The molecule has 0 heterocycles. The molecule has 4 nitrogen and oxygen atoms in total. The van der Waals surface area contributed by atoms with Gasteiger partial charge in [0.1, 0.15) is 6.54 Å². The molecule has 0 saturated carbocycles. The highest BCUT2D eigenvalue weighted by molar-refractivity contribution is 8.00. The molecule has 6 heteroatoms. The molecule has 0 aromatic heterocycles. The van der Waals surface area contributed by atoms with E-state index in [1.54, 1.807) is 12.1 Å². The maximum atomic E-state index is 11.3. The minimum Gasteiger partial charge on any atom is -0.468 e. The number of amides is 1. The highest BCUT2D eigenvalue weighted by atomic mass is 35.5. The molecule has 92 valence electrons. The fraction of sp³-hybridized carbons (Fsp3) is 0.273. The number of hydrogen-bond donors (Lipinski definition) is 1. The summed E-state index contributed by atoms with van der Waals surface area (Å²) in [6.07, 6.45) is 0. The number of carbonyl (C=O) groups is 2. The third-order valence-electron chi connectivity index (χ3n) is 1.84. The number of hydrogen-bond acceptors (Lipinski definition) is 4. The Morgan fingerprint density at radius 3 is 2.59 bits per heavy atom. The highest BCUT2D eigenvalue weighted by Crippen LogP contribution is 2.19. The smallest absolute Gasteiger partial charge is 0.325 e. The molecule has 1 amide bonds. The van der Waals surface area contributed by atoms with Crippen molar-refractivity contribution < 1.29 is 14.3 Å². The summed E-state index contributed by atoms with van der Waals surface area (Å²) >= 11 is 7.11. The molecule has 0 radical (unpaired) electrons. The first-order valence-electron chi connectivity index (χ1n) is 4.83. The Kier molecular flexibility index (Phi) is 5.86. The average molecular weight is 274 g/mol. The normalized spacial score (nSPS) is 9.76. The second kappa shape index (κ2) is 7.19. The van der Waals surface area contributed by atoms with E-state index in [-0.39, 0.29) is 18.2 Å². The molecule has 0 spiro atoms. The number of methoxy groups -OCH3 is 1. The van der Waals surface area contributed by atoms with Crippen LogP contribution in [0.15, 0.2) is 29.2 Å². The van der Waals surface area contributed by atoms with Crippen molar-refractivity contribution in [2.75, 3.05) is 19.4 Å². The quantitative estimate of drug-likeness (QED) is 0.656. The lowest BCUT2D eigenvalue weighted by molar-refractivity contribution is -0.140. The fourth-order valence-corrected chi connectivity index (χ4v) is 1.83. The Balaban J connectivity index is 2.28. The molecule has 0 saturated heterocycles. The van der Waals surface area contributed by atoms with Gasteiger partial charge < -0.3 is 10.1 Å². The van der Waals surface area contributed by atoms with Gasteiger partial charge in [-0.05, 0) is 24.3 Å². The number of nitrogens with one attached hydrogen (secondary N) is 1. The van der Waals surface area contributed by atoms with Crippen LogP contribution < -0.4 is 5.32 Å². The lowest BCUT2D eigenvalue weighted by atomic mass is 10.4. The van der Waals surface area contributed by atoms with Gasteiger partial charge in [0.2, 0.25) is 5.91 Å². The van der Waals surface area contributed by atoms with Gasteiger partial charge in [0.05, 0.1) is 12.9 Å². The summed E-state index contributed by atoms with van der Waals surface area (Å²) in [4.78, 5) is 23.1. The zero-order valence-electron chi connectivity index (χ0n) is 9.23. The number of carbonyl (C=O) groups excluding carboxylic acids is 2. The summed E-state index contributed by atoms with van der Waals surface area (Å²) in [5, 5.41) is 3.11. The Morgan fingerprint density at radius 1 is 1.35 bits per heavy atom. The van der Waals surface area contributed by atoms with Crippen molar-refractivity contribution in [2.24, 2.45) is 0 Å². The minimum atomic E-state index is -0.463. The zero-order valence-corrected chi connectivity index (χ0v) is 10.8. The minimum absolute atomic E-state index is 0.101. The number of rotatable bonds is 5. The van der Waals surface area contributed by atoms with Crippen LogP contribution in [0.5, 0.6) is 0 Å². The van der Waals surface area contributed by atoms with Gasteiger partial charge in [0, 0.05) is 9.92 Å². The number of ether oxygens (including phenoxy) is 1. The molecular weight excluding hydrogens is 262 g/mol. The summed E-state index contributed by atoms with van der Waals surface area (Å²) in [5.74, 6) is -0.427. The zero-order chi connectivity index (χ0) is 12.7. The summed E-state index contributed by atoms with van der Waals surface area (Å²) < 4.78 is 4.40. The van der Waals surface area contributed by atoms with Crippen LogP contribution >= 0.6 is 23.4 Å². The molecule has 0 aliphatic heterocycles. The molecule has 1 rings (SSSR count). The van der Waals surface area contributed by atoms with E-state index < -0.39 is 5.97 Å². The molecule has 0 aliphatic rings. The molecule has 1 aromatic carbocycles. The molecule has 0 unspecified atom stereocenters. The van der Waals surface area contributed by atoms with Crippen LogP contribution in [0.1, 0.15) is 0 Å². The van der Waals surface area contributed by atoms with Crippen LogP contribution in [0.2, 0.25) is 5.02 Å². The summed E-state index contributed by atoms with van der Waals surface area (Å²) in [5.41, 5.74) is 0. The molecule has 0 fully saturated rings. The Morgan fingerprint density at radius 2 is 2.00 bits per heavy atom. The predicted octanol–water partition coefficient (Wildman–Crippen LogP) is 1.72. The van der Waals surface area contributed by atoms with Crippen LogP contribution in [0.3, 0.4) is 0 Å². The molecule has 1 aromatic rings. The summed E-state index contributed by atoms with van der Waals surface area (Å²) in [6.45, 7) is -0.101. The van der Waals surface area contributed by atoms with Gasteiger partial charge in [-0.3, -0.25) is 9.59 Å². The number of esters is 1. The Hall–Kier alpha value is -1.20. The SMILES string of the molecule is COC(=O)CNC(=O)CSc1ccc(Cl)cc1. The van der Waals surface area contributed by atoms with Crippen molar-refractivity contribution in [1.82, 2.24) is 5.32 Å². The summed E-state index contributed by atoms with van der Waals surface area (Å²) in [6, 6.07) is 7.19. The van der Waals surface area contributed by atoms with E-state index >= 15 is 0 Å². The third-order valence-corrected chi connectivity index (χ3v) is 3.11. The van der Waals surface area contributed by atoms with Crippen LogP contribution in [-0.2, 0) is 14.3 Å². The second-order valence-electron chi connectivity index (χ2n) is 3.10. The van der Waals surface area contributed by atoms with Crippen LogP contribution in [0, 0.1) is 0 Å². The number of benzene rings is 1. The Bertz CT molecular complexity index is 394. The van der Waals surface area contributed by atoms with Gasteiger partial charge in [0.15, 0.2) is 0 Å². The van der Waals surface area contributed by atoms with Crippen molar-refractivity contribution in [3.05, 3.63) is 29.3 Å². The molecule has 0 aliphatic carbocycles. The molecular formula is C11H12ClNO3S. The van der Waals surface area contributed by atoms with E-state index in [9.17, 15) is 9.59 Å². The van der Waals surface area contributed by atoms with Crippen molar-refractivity contribution in [1.29, 1.82) is 0 Å². The van der Waals surface area contributed by atoms with E-state index in [0.29, 0.717) is 5.02 Å². The molecule has 0 bridgehead atoms. The van der Waals surface area contributed by atoms with Gasteiger partial charge in [0.25, 0.3) is 0 Å². The van der Waals surface area contributed by atoms with Crippen molar-refractivity contribution >= 4 is 35.2 Å². The maximum Gasteiger partial charge on any atom is 0.325 e. The standard InChI is InChI=1S/C11H12ClNO3S/c1-16-11(15)6-13-10(14)7-17-9-4-2-8(12)3-5-9/h2-5H,6-7H2,1H3,(H,13,14). The fourth-order valence-electron chi connectivity index (χ4n) is 0.974. The van der Waals surface area contributed by atoms with E-state index in [1.807, 2.05) is 12.1 Å². The van der Waals surface area contributed by atoms with Crippen LogP contribution in [-0.4, -0.2) is 31.3 Å². The number of halogens is 1. The topological polar surface area (TPSA) is 55.4 Å². The van der Waals surface area contributed by atoms with E-state index in [0.717, 1.165) is 4.90 Å². The molecule has 17 heavy (non-hydrogen) atoms. The van der Waals surface area contributed by atoms with E-state index in [2.05, 4.69) is 10.1 Å². The van der Waals surface area contributed by atoms with Gasteiger partial charge in [-0.1, -0.05) is 11.6 Å². The predicted molar refractivity (Wildman–Crippen MR) is 67.2 cm³/mol. The molecule has 1 N–H and O–H groups in total. The third kappa shape index (κ3) is 5.60. The second-order valence-corrected chi connectivity index (χ2v) is 4.58. The maximum absolute atomic E-state index is 11.3. The van der Waals surface area contributed by atoms with Crippen LogP contribution in [0.4, 0.5) is 0 Å². The van der Waals surface area contributed by atoms with Gasteiger partial charge in [-0.15, -0.1) is 11.8 Å². The first-order valence-corrected chi connectivity index (χ1v) is 6.20. The van der Waals surface area contributed by atoms with Crippen LogP contribution in [0.25, 0.3) is 0 Å². The summed E-state index contributed by atoms with van der Waals surface area (Å²) in [7, 11) is 1.27. The average Bonchev–Trinajstić information content (AvgIpc) is 2.35. The van der Waals surface area contributed by atoms with Gasteiger partial charge >= 0.3 is 5.97 Å². The van der Waals surface area contributed by atoms with Crippen molar-refractivity contribution in [3.63, 3.8) is 0 Å². The lowest BCUT2D eigenvalue weighted by Gasteiger charge is -2.03. The Labute approximate surface area is 109 Å². The lowest BCUT2D eigenvalue weighted by Crippen LogP contribution is -2.31. The first-order chi connectivity index (χ1) is 8.11. The van der Waals surface area contributed by atoms with E-state index in [4.69, 9.17) is 11.6 Å². The molecule has 0 atom stereocenters. The van der Waals surface area contributed by atoms with Gasteiger partial charge in [-0.2, -0.15) is 0 Å². The van der Waals surface area contributed by atoms with E-state index in [1.165, 1.54) is 18.9 Å². The van der Waals surface area contributed by atoms with Crippen molar-refractivity contribution in [3.8, 4) is 0 Å². The highest BCUT2D eigenvalue weighted by Gasteiger charge is 2.05. The van der Waals surface area contributed by atoms with Crippen molar-refractivity contribution in [2.45, 2.75) is 4.90 Å². The monoisotopic (exact) mass is 273 g/mol. The van der Waals surface area contributed by atoms with Gasteiger partial charge in [-0.25, -0.2) is 0 Å².